The van der Waals surface area contributed by atoms with Gasteiger partial charge in [-0.2, -0.15) is 0 Å². The third kappa shape index (κ3) is 3.61. The van der Waals surface area contributed by atoms with Crippen LogP contribution in [0.1, 0.15) is 23.4 Å². The average Bonchev–Trinajstić information content (AvgIpc) is 2.78. The number of likely N-dealkylation sites (N-methyl/N-ethyl adjacent to an activating group) is 1. The van der Waals surface area contributed by atoms with Gasteiger partial charge < -0.3 is 5.32 Å². The number of benzene rings is 1. The van der Waals surface area contributed by atoms with E-state index in [0.717, 1.165) is 15.4 Å². The fourth-order valence-electron chi connectivity index (χ4n) is 1.99. The Bertz CT molecular complexity index is 556. The Morgan fingerprint density at radius 2 is 2.16 bits per heavy atom. The molecule has 0 aliphatic heterocycles. The number of thiophene rings is 1. The zero-order chi connectivity index (χ0) is 13.8. The first kappa shape index (κ1) is 14.6. The van der Waals surface area contributed by atoms with Gasteiger partial charge in [0.15, 0.2) is 11.6 Å². The molecule has 0 amide bonds. The first-order valence-electron chi connectivity index (χ1n) is 6.02. The second-order valence-electron chi connectivity index (χ2n) is 4.19. The molecule has 0 spiro atoms. The smallest absolute Gasteiger partial charge is 0.163 e. The van der Waals surface area contributed by atoms with Crippen molar-refractivity contribution in [3.05, 3.63) is 56.2 Å². The molecule has 1 heterocycles. The average molecular weight is 346 g/mol. The maximum Gasteiger partial charge on any atom is 0.163 e. The molecule has 1 N–H and O–H groups in total. The summed E-state index contributed by atoms with van der Waals surface area (Å²) in [5.74, 6) is -1.56. The summed E-state index contributed by atoms with van der Waals surface area (Å²) in [6, 6.07) is 6.11. The van der Waals surface area contributed by atoms with Crippen LogP contribution >= 0.6 is 27.3 Å². The highest BCUT2D eigenvalue weighted by Gasteiger charge is 2.18. The molecular formula is C14H14BrF2NS. The molecule has 0 bridgehead atoms. The molecule has 5 heteroatoms. The third-order valence-electron chi connectivity index (χ3n) is 2.83. The van der Waals surface area contributed by atoms with Crippen LogP contribution in [0.15, 0.2) is 34.1 Å². The lowest BCUT2D eigenvalue weighted by Gasteiger charge is -2.18. The molecule has 0 aliphatic rings. The summed E-state index contributed by atoms with van der Waals surface area (Å²) in [5.41, 5.74) is 0.381. The SMILES string of the molecule is CCNC(Cc1cc(Br)cs1)c1cccc(F)c1F. The molecule has 0 fully saturated rings. The quantitative estimate of drug-likeness (QED) is 0.829. The summed E-state index contributed by atoms with van der Waals surface area (Å²) in [7, 11) is 0. The van der Waals surface area contributed by atoms with Crippen LogP contribution in [0.4, 0.5) is 8.78 Å². The molecule has 1 nitrogen and oxygen atoms in total. The van der Waals surface area contributed by atoms with Crippen molar-refractivity contribution >= 4 is 27.3 Å². The van der Waals surface area contributed by atoms with Gasteiger partial charge in [-0.05, 0) is 34.6 Å². The maximum atomic E-state index is 13.9. The van der Waals surface area contributed by atoms with Gasteiger partial charge in [-0.15, -0.1) is 11.3 Å². The van der Waals surface area contributed by atoms with E-state index in [1.54, 1.807) is 23.5 Å². The van der Waals surface area contributed by atoms with Crippen LogP contribution in [0.25, 0.3) is 0 Å². The minimum atomic E-state index is -0.798. The van der Waals surface area contributed by atoms with Crippen molar-refractivity contribution in [2.24, 2.45) is 0 Å². The topological polar surface area (TPSA) is 12.0 Å². The van der Waals surface area contributed by atoms with E-state index in [4.69, 9.17) is 0 Å². The van der Waals surface area contributed by atoms with Crippen molar-refractivity contribution < 1.29 is 8.78 Å². The van der Waals surface area contributed by atoms with Gasteiger partial charge >= 0.3 is 0 Å². The summed E-state index contributed by atoms with van der Waals surface area (Å²) in [6.45, 7) is 2.65. The summed E-state index contributed by atoms with van der Waals surface area (Å²) < 4.78 is 28.2. The zero-order valence-electron chi connectivity index (χ0n) is 10.4. The normalized spacial score (nSPS) is 12.6. The van der Waals surface area contributed by atoms with Gasteiger partial charge in [0.1, 0.15) is 0 Å². The molecule has 0 radical (unpaired) electrons. The highest BCUT2D eigenvalue weighted by atomic mass is 79.9. The molecule has 1 atom stereocenters. The maximum absolute atomic E-state index is 13.9. The molecule has 1 aromatic carbocycles. The minimum Gasteiger partial charge on any atom is -0.310 e. The summed E-state index contributed by atoms with van der Waals surface area (Å²) >= 11 is 5.00. The largest absolute Gasteiger partial charge is 0.310 e. The predicted octanol–water partition coefficient (Wildman–Crippen LogP) is 4.68. The van der Waals surface area contributed by atoms with Crippen LogP contribution in [0, 0.1) is 11.6 Å². The second-order valence-corrected chi connectivity index (χ2v) is 6.10. The van der Waals surface area contributed by atoms with Crippen molar-refractivity contribution in [3.63, 3.8) is 0 Å². The van der Waals surface area contributed by atoms with Gasteiger partial charge in [-0.1, -0.05) is 19.1 Å². The lowest BCUT2D eigenvalue weighted by Crippen LogP contribution is -2.24. The van der Waals surface area contributed by atoms with Crippen molar-refractivity contribution in [3.8, 4) is 0 Å². The van der Waals surface area contributed by atoms with Crippen molar-refractivity contribution in [1.29, 1.82) is 0 Å². The molecule has 0 aliphatic carbocycles. The fourth-order valence-corrected chi connectivity index (χ4v) is 3.49. The van der Waals surface area contributed by atoms with E-state index in [0.29, 0.717) is 18.5 Å². The standard InChI is InChI=1S/C14H14BrF2NS/c1-2-18-13(7-10-6-9(15)8-19-10)11-4-3-5-12(16)14(11)17/h3-6,8,13,18H,2,7H2,1H3. The van der Waals surface area contributed by atoms with Crippen LogP contribution in [0.2, 0.25) is 0 Å². The van der Waals surface area contributed by atoms with Crippen molar-refractivity contribution in [2.45, 2.75) is 19.4 Å². The highest BCUT2D eigenvalue weighted by Crippen LogP contribution is 2.27. The first-order chi connectivity index (χ1) is 9.11. The third-order valence-corrected chi connectivity index (χ3v) is 4.55. The molecular weight excluding hydrogens is 332 g/mol. The monoisotopic (exact) mass is 345 g/mol. The molecule has 0 saturated heterocycles. The molecule has 0 saturated carbocycles. The molecule has 1 aromatic heterocycles. The van der Waals surface area contributed by atoms with Crippen LogP contribution in [-0.4, -0.2) is 6.54 Å². The summed E-state index contributed by atoms with van der Waals surface area (Å²) in [6.07, 6.45) is 0.643. The predicted molar refractivity (Wildman–Crippen MR) is 78.5 cm³/mol. The highest BCUT2D eigenvalue weighted by molar-refractivity contribution is 9.10. The number of hydrogen-bond acceptors (Lipinski definition) is 2. The zero-order valence-corrected chi connectivity index (χ0v) is 12.8. The molecule has 102 valence electrons. The van der Waals surface area contributed by atoms with E-state index in [9.17, 15) is 8.78 Å². The number of halogens is 3. The van der Waals surface area contributed by atoms with E-state index < -0.39 is 11.6 Å². The number of nitrogens with one attached hydrogen (secondary N) is 1. The summed E-state index contributed by atoms with van der Waals surface area (Å²) in [4.78, 5) is 1.13. The molecule has 19 heavy (non-hydrogen) atoms. The van der Waals surface area contributed by atoms with E-state index in [1.165, 1.54) is 0 Å². The fraction of sp³-hybridized carbons (Fsp3) is 0.286. The summed E-state index contributed by atoms with van der Waals surface area (Å²) in [5, 5.41) is 5.20. The van der Waals surface area contributed by atoms with Crippen LogP contribution in [0.5, 0.6) is 0 Å². The molecule has 1 unspecified atom stereocenters. The van der Waals surface area contributed by atoms with Gasteiger partial charge in [-0.25, -0.2) is 8.78 Å². The van der Waals surface area contributed by atoms with E-state index in [2.05, 4.69) is 21.2 Å². The Morgan fingerprint density at radius 1 is 1.37 bits per heavy atom. The number of hydrogen-bond donors (Lipinski definition) is 1. The lowest BCUT2D eigenvalue weighted by atomic mass is 10.0. The first-order valence-corrected chi connectivity index (χ1v) is 7.69. The number of rotatable bonds is 5. The van der Waals surface area contributed by atoms with Crippen LogP contribution in [-0.2, 0) is 6.42 Å². The Labute approximate surface area is 123 Å². The molecule has 2 rings (SSSR count). The Morgan fingerprint density at radius 3 is 2.79 bits per heavy atom. The Kier molecular flexibility index (Phi) is 5.07. The minimum absolute atomic E-state index is 0.216. The second kappa shape index (κ2) is 6.59. The van der Waals surface area contributed by atoms with Gasteiger partial charge in [0, 0.05) is 32.8 Å². The van der Waals surface area contributed by atoms with Crippen molar-refractivity contribution in [2.75, 3.05) is 6.54 Å². The van der Waals surface area contributed by atoms with E-state index >= 15 is 0 Å². The van der Waals surface area contributed by atoms with Crippen molar-refractivity contribution in [1.82, 2.24) is 5.32 Å². The van der Waals surface area contributed by atoms with Gasteiger partial charge in [0.25, 0.3) is 0 Å². The van der Waals surface area contributed by atoms with E-state index in [-0.39, 0.29) is 6.04 Å². The van der Waals surface area contributed by atoms with Crippen LogP contribution < -0.4 is 5.32 Å². The Balaban J connectivity index is 2.26. The van der Waals surface area contributed by atoms with Gasteiger partial charge in [-0.3, -0.25) is 0 Å². The Hall–Kier alpha value is -0.780. The lowest BCUT2D eigenvalue weighted by molar-refractivity contribution is 0.465. The molecule has 2 aromatic rings. The van der Waals surface area contributed by atoms with Crippen LogP contribution in [0.3, 0.4) is 0 Å². The van der Waals surface area contributed by atoms with Gasteiger partial charge in [0.05, 0.1) is 0 Å². The van der Waals surface area contributed by atoms with E-state index in [1.807, 2.05) is 18.4 Å². The van der Waals surface area contributed by atoms with Gasteiger partial charge in [0.2, 0.25) is 0 Å².